The van der Waals surface area contributed by atoms with Gasteiger partial charge in [0.2, 0.25) is 5.88 Å². The molecule has 2 aliphatic rings. The molecule has 4 heterocycles. The number of ether oxygens (including phenoxy) is 2. The smallest absolute Gasteiger partial charge is 0.332 e. The Bertz CT molecular complexity index is 2510. The number of aromatic nitrogens is 5. The lowest BCUT2D eigenvalue weighted by atomic mass is 9.96. The Morgan fingerprint density at radius 2 is 1.76 bits per heavy atom. The maximum atomic E-state index is 14.0. The van der Waals surface area contributed by atoms with Gasteiger partial charge in [0.1, 0.15) is 11.2 Å². The number of pyridine rings is 1. The van der Waals surface area contributed by atoms with E-state index >= 15 is 0 Å². The molecule has 0 spiro atoms. The van der Waals surface area contributed by atoms with Crippen LogP contribution in [0.1, 0.15) is 54.2 Å². The van der Waals surface area contributed by atoms with Crippen LogP contribution < -0.4 is 26.6 Å². The van der Waals surface area contributed by atoms with Gasteiger partial charge in [0, 0.05) is 75.3 Å². The fourth-order valence-electron chi connectivity index (χ4n) is 8.01. The Hall–Kier alpha value is -5.45. The summed E-state index contributed by atoms with van der Waals surface area (Å²) in [7, 11) is 8.01. The molecule has 2 unspecified atom stereocenters. The molecule has 0 bridgehead atoms. The molecule has 306 valence electrons. The minimum atomic E-state index is -3.05. The van der Waals surface area contributed by atoms with E-state index in [1.54, 1.807) is 31.3 Å². The average Bonchev–Trinajstić information content (AvgIpc) is 3.65. The third-order valence-corrected chi connectivity index (χ3v) is 11.7. The second-order valence-electron chi connectivity index (χ2n) is 14.7. The van der Waals surface area contributed by atoms with Crippen molar-refractivity contribution < 1.29 is 23.0 Å². The minimum Gasteiger partial charge on any atom is -0.481 e. The summed E-state index contributed by atoms with van der Waals surface area (Å²) in [6, 6.07) is 13.3. The predicted molar refractivity (Wildman–Crippen MR) is 218 cm³/mol. The Morgan fingerprint density at radius 1 is 1.02 bits per heavy atom. The largest absolute Gasteiger partial charge is 0.481 e. The van der Waals surface area contributed by atoms with Gasteiger partial charge in [0.05, 0.1) is 24.4 Å². The summed E-state index contributed by atoms with van der Waals surface area (Å²) < 4.78 is 40.9. The lowest BCUT2D eigenvalue weighted by molar-refractivity contribution is 0.131. The first-order valence-electron chi connectivity index (χ1n) is 19.1. The molecule has 14 nitrogen and oxygen atoms in total. The van der Waals surface area contributed by atoms with Crippen LogP contribution in [0.25, 0.3) is 33.4 Å². The first-order chi connectivity index (χ1) is 27.8. The minimum absolute atomic E-state index is 0.0484. The van der Waals surface area contributed by atoms with Crippen molar-refractivity contribution in [3.63, 3.8) is 0 Å². The summed E-state index contributed by atoms with van der Waals surface area (Å²) in [6.07, 6.45) is 0.379. The number of hydrogen-bond acceptors (Lipinski definition) is 10. The van der Waals surface area contributed by atoms with Gasteiger partial charge in [0.25, 0.3) is 12.0 Å². The molecule has 3 aromatic heterocycles. The normalized spacial score (nSPS) is 16.7. The van der Waals surface area contributed by atoms with Gasteiger partial charge in [-0.25, -0.2) is 33.3 Å². The Kier molecular flexibility index (Phi) is 11.8. The molecule has 7 rings (SSSR count). The summed E-state index contributed by atoms with van der Waals surface area (Å²) in [5.41, 5.74) is 4.55. The molecular formula is C41H46ClF2N9O5. The lowest BCUT2D eigenvalue weighted by Crippen LogP contribution is -2.53. The molecular weight excluding hydrogens is 772 g/mol. The van der Waals surface area contributed by atoms with Crippen LogP contribution in [0.2, 0.25) is 5.02 Å². The second kappa shape index (κ2) is 16.8. The van der Waals surface area contributed by atoms with Crippen molar-refractivity contribution in [3.05, 3.63) is 90.8 Å². The lowest BCUT2D eigenvalue weighted by Gasteiger charge is -2.34. The van der Waals surface area contributed by atoms with Gasteiger partial charge in [0.15, 0.2) is 11.5 Å². The molecule has 2 N–H and O–H groups in total. The molecule has 2 amide bonds. The van der Waals surface area contributed by atoms with Crippen molar-refractivity contribution in [3.8, 4) is 28.3 Å². The number of rotatable bonds is 13. The zero-order chi connectivity index (χ0) is 41.4. The maximum Gasteiger partial charge on any atom is 0.332 e. The van der Waals surface area contributed by atoms with E-state index in [-0.39, 0.29) is 35.0 Å². The SMILES string of the molecule is COCCN1CCC(CCN(C)C2CCc3cc(-c4cccc(-c5cccc(Nc6nc(C(F)F)nc7c6c(=O)n(C)c(=O)n7C)c5C)c4Cl)nc(OC)c32)NC1=O. The molecule has 17 heteroatoms. The van der Waals surface area contributed by atoms with Gasteiger partial charge in [-0.1, -0.05) is 41.9 Å². The number of carbonyl (C=O) groups is 1. The van der Waals surface area contributed by atoms with Gasteiger partial charge in [-0.15, -0.1) is 0 Å². The quantitative estimate of drug-likeness (QED) is 0.142. The van der Waals surface area contributed by atoms with E-state index in [2.05, 4.69) is 38.6 Å². The van der Waals surface area contributed by atoms with Crippen molar-refractivity contribution in [2.75, 3.05) is 52.8 Å². The van der Waals surface area contributed by atoms with E-state index in [0.717, 1.165) is 58.1 Å². The highest BCUT2D eigenvalue weighted by molar-refractivity contribution is 6.36. The summed E-state index contributed by atoms with van der Waals surface area (Å²) in [4.78, 5) is 55.5. The molecule has 5 aromatic rings. The highest BCUT2D eigenvalue weighted by Crippen LogP contribution is 2.45. The van der Waals surface area contributed by atoms with Crippen LogP contribution in [0.3, 0.4) is 0 Å². The third kappa shape index (κ3) is 7.63. The van der Waals surface area contributed by atoms with Crippen molar-refractivity contribution in [2.45, 2.75) is 51.1 Å². The number of aryl methyl sites for hydroxylation is 2. The first-order valence-corrected chi connectivity index (χ1v) is 19.4. The maximum absolute atomic E-state index is 14.0. The van der Waals surface area contributed by atoms with E-state index in [1.165, 1.54) is 14.1 Å². The van der Waals surface area contributed by atoms with Gasteiger partial charge >= 0.3 is 11.7 Å². The predicted octanol–water partition coefficient (Wildman–Crippen LogP) is 6.15. The highest BCUT2D eigenvalue weighted by atomic mass is 35.5. The van der Waals surface area contributed by atoms with E-state index < -0.39 is 23.5 Å². The molecule has 1 fully saturated rings. The van der Waals surface area contributed by atoms with Crippen LogP contribution in [-0.4, -0.2) is 93.5 Å². The van der Waals surface area contributed by atoms with Gasteiger partial charge in [-0.05, 0) is 68.5 Å². The van der Waals surface area contributed by atoms with Gasteiger partial charge in [-0.3, -0.25) is 18.8 Å². The van der Waals surface area contributed by atoms with E-state index in [0.29, 0.717) is 58.7 Å². The number of nitrogens with one attached hydrogen (secondary N) is 2. The van der Waals surface area contributed by atoms with Crippen LogP contribution in [-0.2, 0) is 25.3 Å². The van der Waals surface area contributed by atoms with Gasteiger partial charge in [-0.2, -0.15) is 0 Å². The summed E-state index contributed by atoms with van der Waals surface area (Å²) in [6.45, 7) is 4.43. The zero-order valence-corrected chi connectivity index (χ0v) is 34.0. The number of fused-ring (bicyclic) bond motifs is 2. The van der Waals surface area contributed by atoms with Crippen molar-refractivity contribution in [1.29, 1.82) is 0 Å². The Balaban J connectivity index is 1.15. The fraction of sp³-hybridized carbons (Fsp3) is 0.415. The van der Waals surface area contributed by atoms with E-state index in [9.17, 15) is 23.2 Å². The third-order valence-electron chi connectivity index (χ3n) is 11.3. The standard InChI is InChI=1S/C41H46ClF2N9O5/c1-22-25(9-8-12-28(22)46-35-32-37(49-36(48-35)34(43)44)51(3)41(56)52(4)39(32)54)26-10-7-11-27(33(26)42)29-21-23-13-14-30(31(23)38(47-29)58-6)50(2)17-15-24-16-18-53(19-20-57-5)40(55)45-24/h7-12,21,24,30,34H,13-20H2,1-6H3,(H,45,55)(H,46,48,49). The number of hydrogen-bond donors (Lipinski definition) is 2. The zero-order valence-electron chi connectivity index (χ0n) is 33.2. The van der Waals surface area contributed by atoms with E-state index in [1.807, 2.05) is 31.2 Å². The number of carbonyl (C=O) groups excluding carboxylic acids is 1. The first kappa shape index (κ1) is 40.7. The fourth-order valence-corrected chi connectivity index (χ4v) is 8.33. The average molecular weight is 818 g/mol. The number of anilines is 2. The number of alkyl halides is 2. The van der Waals surface area contributed by atoms with Crippen LogP contribution >= 0.6 is 11.6 Å². The van der Waals surface area contributed by atoms with Crippen LogP contribution in [0, 0.1) is 6.92 Å². The topological polar surface area (TPSA) is 149 Å². The Labute approximate surface area is 338 Å². The van der Waals surface area contributed by atoms with Crippen molar-refractivity contribution in [2.24, 2.45) is 14.1 Å². The van der Waals surface area contributed by atoms with Gasteiger partial charge < -0.3 is 25.0 Å². The molecule has 1 saturated heterocycles. The van der Waals surface area contributed by atoms with Crippen molar-refractivity contribution in [1.82, 2.24) is 39.2 Å². The van der Waals surface area contributed by atoms with E-state index in [4.69, 9.17) is 26.1 Å². The number of benzene rings is 2. The number of urea groups is 1. The molecule has 2 atom stereocenters. The molecule has 1 aliphatic heterocycles. The molecule has 58 heavy (non-hydrogen) atoms. The second-order valence-corrected chi connectivity index (χ2v) is 15.1. The Morgan fingerprint density at radius 3 is 2.48 bits per heavy atom. The summed E-state index contributed by atoms with van der Waals surface area (Å²) >= 11 is 7.22. The monoisotopic (exact) mass is 817 g/mol. The molecule has 0 radical (unpaired) electrons. The highest BCUT2D eigenvalue weighted by Gasteiger charge is 2.33. The summed E-state index contributed by atoms with van der Waals surface area (Å²) in [5, 5.41) is 6.58. The molecule has 1 aliphatic carbocycles. The molecule has 2 aromatic carbocycles. The van der Waals surface area contributed by atoms with Crippen LogP contribution in [0.5, 0.6) is 5.88 Å². The van der Waals surface area contributed by atoms with Crippen LogP contribution in [0.15, 0.2) is 52.1 Å². The van der Waals surface area contributed by atoms with Crippen LogP contribution in [0.4, 0.5) is 25.1 Å². The number of methoxy groups -OCH3 is 2. The number of halogens is 3. The van der Waals surface area contributed by atoms with Crippen molar-refractivity contribution >= 4 is 40.2 Å². The summed E-state index contributed by atoms with van der Waals surface area (Å²) in [5.74, 6) is -0.437. The molecule has 0 saturated carbocycles. The number of amides is 2. The number of nitrogens with zero attached hydrogens (tertiary/aromatic N) is 7.